The molecule has 2 nitrogen and oxygen atoms in total. The van der Waals surface area contributed by atoms with Crippen LogP contribution < -0.4 is 5.32 Å². The molecule has 3 rings (SSSR count). The molecule has 1 aliphatic heterocycles. The van der Waals surface area contributed by atoms with Crippen molar-refractivity contribution in [3.63, 3.8) is 0 Å². The van der Waals surface area contributed by atoms with Crippen LogP contribution in [0, 0.1) is 0 Å². The largest absolute Gasteiger partial charge is 0.341 e. The Balaban J connectivity index is 2.15. The monoisotopic (exact) mass is 261 g/mol. The molecule has 0 aromatic heterocycles. The average Bonchev–Trinajstić information content (AvgIpc) is 2.85. The summed E-state index contributed by atoms with van der Waals surface area (Å²) >= 11 is 0. The molecule has 0 bridgehead atoms. The van der Waals surface area contributed by atoms with Gasteiger partial charge in [-0.25, -0.2) is 0 Å². The smallest absolute Gasteiger partial charge is 0.252 e. The highest BCUT2D eigenvalue weighted by atomic mass is 16.2. The first-order chi connectivity index (χ1) is 9.81. The van der Waals surface area contributed by atoms with Crippen molar-refractivity contribution in [3.05, 3.63) is 90.0 Å². The quantitative estimate of drug-likeness (QED) is 0.900. The van der Waals surface area contributed by atoms with Gasteiger partial charge in [-0.05, 0) is 16.7 Å². The second-order valence-electron chi connectivity index (χ2n) is 4.71. The van der Waals surface area contributed by atoms with E-state index in [-0.39, 0.29) is 11.9 Å². The topological polar surface area (TPSA) is 29.1 Å². The minimum absolute atomic E-state index is 0.0623. The minimum Gasteiger partial charge on any atom is -0.341 e. The van der Waals surface area contributed by atoms with Crippen molar-refractivity contribution < 1.29 is 4.79 Å². The summed E-state index contributed by atoms with van der Waals surface area (Å²) in [7, 11) is 0. The molecular weight excluding hydrogens is 246 g/mol. The summed E-state index contributed by atoms with van der Waals surface area (Å²) in [5.74, 6) is -0.0623. The molecule has 20 heavy (non-hydrogen) atoms. The number of nitrogens with one attached hydrogen (secondary N) is 1. The van der Waals surface area contributed by atoms with Gasteiger partial charge >= 0.3 is 0 Å². The lowest BCUT2D eigenvalue weighted by Gasteiger charge is -2.16. The van der Waals surface area contributed by atoms with Crippen LogP contribution in [0.2, 0.25) is 0 Å². The Morgan fingerprint density at radius 2 is 1.55 bits per heavy atom. The number of rotatable bonds is 3. The zero-order valence-electron chi connectivity index (χ0n) is 11.0. The Morgan fingerprint density at radius 1 is 0.950 bits per heavy atom. The maximum absolute atomic E-state index is 12.1. The van der Waals surface area contributed by atoms with Crippen LogP contribution >= 0.6 is 0 Å². The molecule has 0 aliphatic carbocycles. The molecule has 1 N–H and O–H groups in total. The molecule has 1 amide bonds. The number of carbonyl (C=O) groups excluding carboxylic acids is 1. The summed E-state index contributed by atoms with van der Waals surface area (Å²) < 4.78 is 0. The molecule has 98 valence electrons. The molecule has 2 aromatic rings. The van der Waals surface area contributed by atoms with E-state index in [1.165, 1.54) is 0 Å². The second kappa shape index (κ2) is 5.17. The molecule has 2 heteroatoms. The minimum atomic E-state index is -0.112. The molecule has 0 saturated heterocycles. The van der Waals surface area contributed by atoms with E-state index in [0.717, 1.165) is 16.7 Å². The van der Waals surface area contributed by atoms with Crippen molar-refractivity contribution in [2.24, 2.45) is 0 Å². The summed E-state index contributed by atoms with van der Waals surface area (Å²) in [6.07, 6.45) is 1.64. The number of carbonyl (C=O) groups is 1. The first-order valence-corrected chi connectivity index (χ1v) is 6.59. The van der Waals surface area contributed by atoms with E-state index < -0.39 is 0 Å². The van der Waals surface area contributed by atoms with E-state index in [4.69, 9.17) is 0 Å². The Morgan fingerprint density at radius 3 is 2.15 bits per heavy atom. The molecular formula is C18H15NO. The van der Waals surface area contributed by atoms with E-state index in [1.54, 1.807) is 6.08 Å². The first-order valence-electron chi connectivity index (χ1n) is 6.59. The Bertz CT molecular complexity index is 671. The highest BCUT2D eigenvalue weighted by Crippen LogP contribution is 2.37. The van der Waals surface area contributed by atoms with Gasteiger partial charge in [-0.2, -0.15) is 0 Å². The molecule has 1 aliphatic rings. The van der Waals surface area contributed by atoms with E-state index in [0.29, 0.717) is 5.57 Å². The molecule has 1 heterocycles. The van der Waals surface area contributed by atoms with Crippen LogP contribution in [-0.2, 0) is 4.79 Å². The lowest BCUT2D eigenvalue weighted by molar-refractivity contribution is -0.116. The van der Waals surface area contributed by atoms with Crippen molar-refractivity contribution >= 4 is 11.5 Å². The third-order valence-electron chi connectivity index (χ3n) is 3.52. The first kappa shape index (κ1) is 12.4. The Hall–Kier alpha value is -2.61. The second-order valence-corrected chi connectivity index (χ2v) is 4.71. The van der Waals surface area contributed by atoms with Gasteiger partial charge in [-0.3, -0.25) is 4.79 Å². The lowest BCUT2D eigenvalue weighted by Crippen LogP contribution is -2.21. The third kappa shape index (κ3) is 2.05. The number of amides is 1. The molecule has 0 saturated carbocycles. The average molecular weight is 261 g/mol. The molecule has 0 radical (unpaired) electrons. The van der Waals surface area contributed by atoms with Gasteiger partial charge in [0.25, 0.3) is 5.91 Å². The van der Waals surface area contributed by atoms with Crippen molar-refractivity contribution in [1.29, 1.82) is 0 Å². The van der Waals surface area contributed by atoms with Gasteiger partial charge in [-0.1, -0.05) is 73.3 Å². The van der Waals surface area contributed by atoms with Crippen LogP contribution in [0.3, 0.4) is 0 Å². The van der Waals surface area contributed by atoms with E-state index in [1.807, 2.05) is 60.7 Å². The van der Waals surface area contributed by atoms with Crippen LogP contribution in [0.5, 0.6) is 0 Å². The molecule has 0 spiro atoms. The predicted molar refractivity (Wildman–Crippen MR) is 80.9 cm³/mol. The summed E-state index contributed by atoms with van der Waals surface area (Å²) in [5.41, 5.74) is 3.79. The van der Waals surface area contributed by atoms with Crippen LogP contribution in [0.4, 0.5) is 0 Å². The third-order valence-corrected chi connectivity index (χ3v) is 3.52. The highest BCUT2D eigenvalue weighted by molar-refractivity contribution is 6.09. The van der Waals surface area contributed by atoms with Gasteiger partial charge in [0.2, 0.25) is 0 Å². The standard InChI is InChI=1S/C18H15NO/c1-2-15-16(13-9-5-3-6-10-13)17(19-18(15)20)14-11-7-4-8-12-14/h2-12,17H,1H2,(H,19,20). The predicted octanol–water partition coefficient (Wildman–Crippen LogP) is 3.50. The van der Waals surface area contributed by atoms with Gasteiger partial charge in [0, 0.05) is 5.57 Å². The van der Waals surface area contributed by atoms with Crippen molar-refractivity contribution in [1.82, 2.24) is 5.32 Å². The fourth-order valence-corrected chi connectivity index (χ4v) is 2.60. The van der Waals surface area contributed by atoms with Gasteiger partial charge in [-0.15, -0.1) is 0 Å². The molecule has 1 atom stereocenters. The number of hydrogen-bond donors (Lipinski definition) is 1. The van der Waals surface area contributed by atoms with Crippen LogP contribution in [0.15, 0.2) is 78.9 Å². The van der Waals surface area contributed by atoms with Crippen molar-refractivity contribution in [2.75, 3.05) is 0 Å². The Labute approximate surface area is 118 Å². The Kier molecular flexibility index (Phi) is 3.21. The lowest BCUT2D eigenvalue weighted by atomic mass is 9.92. The fraction of sp³-hybridized carbons (Fsp3) is 0.0556. The summed E-state index contributed by atoms with van der Waals surface area (Å²) in [6, 6.07) is 19.9. The van der Waals surface area contributed by atoms with E-state index in [9.17, 15) is 4.79 Å². The van der Waals surface area contributed by atoms with Crippen LogP contribution in [0.25, 0.3) is 5.57 Å². The zero-order chi connectivity index (χ0) is 13.9. The van der Waals surface area contributed by atoms with Gasteiger partial charge in [0.05, 0.1) is 6.04 Å². The number of benzene rings is 2. The maximum Gasteiger partial charge on any atom is 0.252 e. The molecule has 0 fully saturated rings. The molecule has 1 unspecified atom stereocenters. The van der Waals surface area contributed by atoms with Crippen LogP contribution in [0.1, 0.15) is 17.2 Å². The van der Waals surface area contributed by atoms with Gasteiger partial charge in [0.1, 0.15) is 0 Å². The summed E-state index contributed by atoms with van der Waals surface area (Å²) in [4.78, 5) is 12.1. The summed E-state index contributed by atoms with van der Waals surface area (Å²) in [6.45, 7) is 3.78. The normalized spacial score (nSPS) is 18.0. The zero-order valence-corrected chi connectivity index (χ0v) is 11.0. The van der Waals surface area contributed by atoms with E-state index in [2.05, 4.69) is 11.9 Å². The van der Waals surface area contributed by atoms with Crippen molar-refractivity contribution in [3.8, 4) is 0 Å². The van der Waals surface area contributed by atoms with Gasteiger partial charge in [0.15, 0.2) is 0 Å². The molecule has 2 aromatic carbocycles. The maximum atomic E-state index is 12.1. The SMILES string of the molecule is C=CC1=C(c2ccccc2)C(c2ccccc2)NC1=O. The van der Waals surface area contributed by atoms with Gasteiger partial charge < -0.3 is 5.32 Å². The fourth-order valence-electron chi connectivity index (χ4n) is 2.60. The number of hydrogen-bond acceptors (Lipinski definition) is 1. The highest BCUT2D eigenvalue weighted by Gasteiger charge is 2.31. The van der Waals surface area contributed by atoms with E-state index >= 15 is 0 Å². The summed E-state index contributed by atoms with van der Waals surface area (Å²) in [5, 5.41) is 3.04. The van der Waals surface area contributed by atoms with Crippen molar-refractivity contribution in [2.45, 2.75) is 6.04 Å². The van der Waals surface area contributed by atoms with Crippen LogP contribution in [-0.4, -0.2) is 5.91 Å².